The van der Waals surface area contributed by atoms with Crippen molar-refractivity contribution >= 4 is 45.3 Å². The summed E-state index contributed by atoms with van der Waals surface area (Å²) < 4.78 is 18.3. The molecule has 0 aliphatic rings. The number of benzene rings is 1. The van der Waals surface area contributed by atoms with Gasteiger partial charge in [0.05, 0.1) is 17.3 Å². The molecule has 3 rings (SSSR count). The molecule has 2 aromatic heterocycles. The molecule has 0 aliphatic heterocycles. The quantitative estimate of drug-likeness (QED) is 0.466. The van der Waals surface area contributed by atoms with Gasteiger partial charge in [-0.05, 0) is 36.4 Å². The number of amides is 1. The highest BCUT2D eigenvalue weighted by Crippen LogP contribution is 2.39. The molecule has 0 unspecified atom stereocenters. The largest absolute Gasteiger partial charge is 0.465 e. The number of nitrogens with zero attached hydrogens (tertiary/aromatic N) is 3. The second-order valence-corrected chi connectivity index (χ2v) is 8.69. The third kappa shape index (κ3) is 3.45. The van der Waals surface area contributed by atoms with Crippen LogP contribution in [0.3, 0.4) is 0 Å². The number of anilines is 1. The average molecular weight is 496 g/mol. The van der Waals surface area contributed by atoms with Gasteiger partial charge in [-0.25, -0.2) is 14.2 Å². The first-order valence-corrected chi connectivity index (χ1v) is 9.99. The van der Waals surface area contributed by atoms with Crippen LogP contribution in [0.2, 0.25) is 0 Å². The molecule has 2 N–H and O–H groups in total. The predicted molar refractivity (Wildman–Crippen MR) is 116 cm³/mol. The zero-order valence-electron chi connectivity index (χ0n) is 16.4. The Morgan fingerprint density at radius 2 is 2.00 bits per heavy atom. The second kappa shape index (κ2) is 7.31. The zero-order chi connectivity index (χ0) is 20.8. The molecule has 0 radical (unpaired) electrons. The zero-order valence-corrected chi connectivity index (χ0v) is 18.5. The summed E-state index contributed by atoms with van der Waals surface area (Å²) in [6.07, 6.45) is 0.351. The topological polar surface area (TPSA) is 80.0 Å². The van der Waals surface area contributed by atoms with E-state index in [9.17, 15) is 9.90 Å². The van der Waals surface area contributed by atoms with Crippen molar-refractivity contribution in [2.24, 2.45) is 0 Å². The Morgan fingerprint density at radius 3 is 2.54 bits per heavy atom. The van der Waals surface area contributed by atoms with Crippen LogP contribution in [0.25, 0.3) is 21.9 Å². The minimum atomic E-state index is -1.28. The number of carboxylic acid groups (broad SMARTS) is 1. The van der Waals surface area contributed by atoms with Crippen LogP contribution in [0, 0.1) is 16.3 Å². The summed E-state index contributed by atoms with van der Waals surface area (Å²) >= 11 is 2.15. The lowest BCUT2D eigenvalue weighted by atomic mass is 9.90. The fraction of sp³-hybridized carbons (Fsp3) is 0.350. The maximum atomic E-state index is 15.7. The number of nitrogens with one attached hydrogen (secondary N) is 1. The lowest BCUT2D eigenvalue weighted by Crippen LogP contribution is -2.19. The molecular weight excluding hydrogens is 474 g/mol. The molecule has 0 saturated heterocycles. The molecule has 3 aromatic rings. The highest BCUT2D eigenvalue weighted by molar-refractivity contribution is 14.1. The number of pyridine rings is 1. The Balaban J connectivity index is 2.37. The number of aromatic nitrogens is 3. The SMILES string of the molecule is CCn1ncc(-c2ccc3c(I)c(C(C)(C)C)nc(NC(=O)O)c3c2F)c1C. The number of halogens is 2. The van der Waals surface area contributed by atoms with Crippen LogP contribution in [0.1, 0.15) is 39.1 Å². The number of carbonyl (C=O) groups is 1. The van der Waals surface area contributed by atoms with E-state index in [4.69, 9.17) is 0 Å². The van der Waals surface area contributed by atoms with E-state index in [0.29, 0.717) is 28.8 Å². The first kappa shape index (κ1) is 20.5. The lowest BCUT2D eigenvalue weighted by molar-refractivity contribution is 0.209. The van der Waals surface area contributed by atoms with E-state index in [1.165, 1.54) is 0 Å². The number of hydrogen-bond acceptors (Lipinski definition) is 3. The molecule has 28 heavy (non-hydrogen) atoms. The molecular formula is C20H22FIN4O2. The number of hydrogen-bond donors (Lipinski definition) is 2. The van der Waals surface area contributed by atoms with Crippen molar-refractivity contribution < 1.29 is 14.3 Å². The summed E-state index contributed by atoms with van der Waals surface area (Å²) in [6, 6.07) is 3.54. The Bertz CT molecular complexity index is 1090. The van der Waals surface area contributed by atoms with E-state index >= 15 is 4.39 Å². The Morgan fingerprint density at radius 1 is 1.32 bits per heavy atom. The average Bonchev–Trinajstić information content (AvgIpc) is 2.96. The van der Waals surface area contributed by atoms with Crippen molar-refractivity contribution in [2.45, 2.75) is 46.6 Å². The molecule has 6 nitrogen and oxygen atoms in total. The Kier molecular flexibility index (Phi) is 5.35. The number of aryl methyl sites for hydroxylation is 1. The molecule has 8 heteroatoms. The summed E-state index contributed by atoms with van der Waals surface area (Å²) in [5.74, 6) is -0.501. The van der Waals surface area contributed by atoms with Crippen molar-refractivity contribution in [3.05, 3.63) is 39.1 Å². The fourth-order valence-electron chi connectivity index (χ4n) is 3.26. The van der Waals surface area contributed by atoms with Gasteiger partial charge in [-0.3, -0.25) is 10.00 Å². The maximum absolute atomic E-state index is 15.7. The van der Waals surface area contributed by atoms with E-state index in [1.54, 1.807) is 16.9 Å². The first-order chi connectivity index (χ1) is 13.1. The molecule has 0 atom stereocenters. The first-order valence-electron chi connectivity index (χ1n) is 8.91. The van der Waals surface area contributed by atoms with E-state index in [0.717, 1.165) is 9.26 Å². The third-order valence-electron chi connectivity index (χ3n) is 4.68. The molecule has 0 aliphatic carbocycles. The van der Waals surface area contributed by atoms with Gasteiger partial charge in [-0.1, -0.05) is 32.9 Å². The second-order valence-electron chi connectivity index (χ2n) is 7.61. The molecule has 1 aromatic carbocycles. The summed E-state index contributed by atoms with van der Waals surface area (Å²) in [7, 11) is 0. The molecule has 1 amide bonds. The van der Waals surface area contributed by atoms with Gasteiger partial charge >= 0.3 is 6.09 Å². The molecule has 0 bridgehead atoms. The summed E-state index contributed by atoms with van der Waals surface area (Å²) in [5.41, 5.74) is 2.29. The van der Waals surface area contributed by atoms with Crippen LogP contribution in [-0.2, 0) is 12.0 Å². The van der Waals surface area contributed by atoms with Gasteiger partial charge in [-0.2, -0.15) is 5.10 Å². The van der Waals surface area contributed by atoms with Crippen LogP contribution in [0.5, 0.6) is 0 Å². The van der Waals surface area contributed by atoms with Crippen LogP contribution in [0.15, 0.2) is 18.3 Å². The van der Waals surface area contributed by atoms with E-state index in [-0.39, 0.29) is 16.6 Å². The minimum absolute atomic E-state index is 0.00716. The van der Waals surface area contributed by atoms with E-state index < -0.39 is 11.9 Å². The van der Waals surface area contributed by atoms with E-state index in [2.05, 4.69) is 38.0 Å². The van der Waals surface area contributed by atoms with Crippen molar-refractivity contribution in [1.29, 1.82) is 0 Å². The highest BCUT2D eigenvalue weighted by atomic mass is 127. The summed E-state index contributed by atoms with van der Waals surface area (Å²) in [4.78, 5) is 15.8. The van der Waals surface area contributed by atoms with Crippen molar-refractivity contribution in [1.82, 2.24) is 14.8 Å². The Hall–Kier alpha value is -2.23. The van der Waals surface area contributed by atoms with Gasteiger partial charge in [-0.15, -0.1) is 0 Å². The van der Waals surface area contributed by atoms with Gasteiger partial charge in [0.25, 0.3) is 0 Å². The van der Waals surface area contributed by atoms with Crippen LogP contribution < -0.4 is 5.32 Å². The smallest absolute Gasteiger partial charge is 0.410 e. The Labute approximate surface area is 176 Å². The molecule has 0 fully saturated rings. The minimum Gasteiger partial charge on any atom is -0.465 e. The molecule has 148 valence electrons. The fourth-order valence-corrected chi connectivity index (χ4v) is 4.64. The molecule has 0 saturated carbocycles. The van der Waals surface area contributed by atoms with Gasteiger partial charge in [0, 0.05) is 37.7 Å². The number of fused-ring (bicyclic) bond motifs is 1. The normalized spacial score (nSPS) is 11.8. The monoisotopic (exact) mass is 496 g/mol. The summed E-state index contributed by atoms with van der Waals surface area (Å²) in [6.45, 7) is 10.5. The van der Waals surface area contributed by atoms with Crippen molar-refractivity contribution in [3.63, 3.8) is 0 Å². The van der Waals surface area contributed by atoms with Crippen molar-refractivity contribution in [2.75, 3.05) is 5.32 Å². The van der Waals surface area contributed by atoms with Gasteiger partial charge in [0.2, 0.25) is 0 Å². The standard InChI is InChI=1S/C20H22FIN4O2/c1-6-26-10(2)13(9-23-26)11-7-8-12-14(15(11)21)18(25-19(27)28)24-17(16(12)22)20(3,4)5/h7-9H,6H2,1-5H3,(H,24,25)(H,27,28). The van der Waals surface area contributed by atoms with Crippen LogP contribution in [0.4, 0.5) is 15.0 Å². The predicted octanol–water partition coefficient (Wildman–Crippen LogP) is 5.56. The molecule has 2 heterocycles. The van der Waals surface area contributed by atoms with Gasteiger partial charge in [0.1, 0.15) is 11.6 Å². The van der Waals surface area contributed by atoms with E-state index in [1.807, 2.05) is 40.7 Å². The molecule has 0 spiro atoms. The third-order valence-corrected chi connectivity index (χ3v) is 5.77. The maximum Gasteiger partial charge on any atom is 0.410 e. The van der Waals surface area contributed by atoms with Gasteiger partial charge in [0.15, 0.2) is 0 Å². The summed E-state index contributed by atoms with van der Waals surface area (Å²) in [5, 5.41) is 16.6. The van der Waals surface area contributed by atoms with Crippen LogP contribution in [-0.4, -0.2) is 26.0 Å². The highest BCUT2D eigenvalue weighted by Gasteiger charge is 2.26. The lowest BCUT2D eigenvalue weighted by Gasteiger charge is -2.22. The van der Waals surface area contributed by atoms with Crippen molar-refractivity contribution in [3.8, 4) is 11.1 Å². The number of rotatable bonds is 3. The van der Waals surface area contributed by atoms with Crippen LogP contribution >= 0.6 is 22.6 Å². The van der Waals surface area contributed by atoms with Gasteiger partial charge < -0.3 is 5.11 Å².